The van der Waals surface area contributed by atoms with Gasteiger partial charge >= 0.3 is 0 Å². The first-order chi connectivity index (χ1) is 8.65. The Morgan fingerprint density at radius 3 is 2.72 bits per heavy atom. The maximum atomic E-state index is 9.77. The maximum Gasteiger partial charge on any atom is 0.0897 e. The summed E-state index contributed by atoms with van der Waals surface area (Å²) in [5.74, 6) is 2.94. The maximum absolute atomic E-state index is 9.77. The minimum absolute atomic E-state index is 0.377. The third-order valence-electron chi connectivity index (χ3n) is 3.96. The van der Waals surface area contributed by atoms with Crippen LogP contribution in [0.15, 0.2) is 12.2 Å². The smallest absolute Gasteiger partial charge is 0.0897 e. The zero-order chi connectivity index (χ0) is 13.0. The van der Waals surface area contributed by atoms with E-state index in [0.29, 0.717) is 19.1 Å². The number of ether oxygens (including phenoxy) is 1. The SMILES string of the molecule is CC(C)COCC(O)CNCC1CC2C=CC1C2. The molecular weight excluding hydrogens is 226 g/mol. The molecule has 18 heavy (non-hydrogen) atoms. The van der Waals surface area contributed by atoms with Crippen LogP contribution in [0.1, 0.15) is 26.7 Å². The molecule has 0 aliphatic heterocycles. The molecule has 0 saturated heterocycles. The van der Waals surface area contributed by atoms with Gasteiger partial charge in [-0.1, -0.05) is 26.0 Å². The van der Waals surface area contributed by atoms with E-state index in [1.54, 1.807) is 0 Å². The van der Waals surface area contributed by atoms with E-state index in [1.807, 2.05) is 0 Å². The highest BCUT2D eigenvalue weighted by Gasteiger charge is 2.34. The van der Waals surface area contributed by atoms with Crippen molar-refractivity contribution in [1.82, 2.24) is 5.32 Å². The molecule has 1 saturated carbocycles. The Morgan fingerprint density at radius 1 is 1.28 bits per heavy atom. The average molecular weight is 253 g/mol. The van der Waals surface area contributed by atoms with Crippen LogP contribution in [-0.2, 0) is 4.74 Å². The second-order valence-corrected chi connectivity index (χ2v) is 6.28. The third kappa shape index (κ3) is 4.08. The number of aliphatic hydroxyl groups excluding tert-OH is 1. The highest BCUT2D eigenvalue weighted by atomic mass is 16.5. The highest BCUT2D eigenvalue weighted by Crippen LogP contribution is 2.42. The van der Waals surface area contributed by atoms with Crippen molar-refractivity contribution in [2.45, 2.75) is 32.8 Å². The Kier molecular flexibility index (Phi) is 5.22. The second kappa shape index (κ2) is 6.69. The van der Waals surface area contributed by atoms with Gasteiger partial charge in [0, 0.05) is 13.2 Å². The highest BCUT2D eigenvalue weighted by molar-refractivity contribution is 5.10. The van der Waals surface area contributed by atoms with E-state index in [-0.39, 0.29) is 6.10 Å². The van der Waals surface area contributed by atoms with Crippen molar-refractivity contribution in [2.24, 2.45) is 23.7 Å². The molecule has 2 N–H and O–H groups in total. The van der Waals surface area contributed by atoms with Gasteiger partial charge in [0.1, 0.15) is 0 Å². The van der Waals surface area contributed by atoms with Crippen LogP contribution in [0.25, 0.3) is 0 Å². The van der Waals surface area contributed by atoms with Gasteiger partial charge < -0.3 is 15.2 Å². The zero-order valence-corrected chi connectivity index (χ0v) is 11.6. The first kappa shape index (κ1) is 14.0. The summed E-state index contributed by atoms with van der Waals surface area (Å²) in [5, 5.41) is 13.2. The van der Waals surface area contributed by atoms with E-state index < -0.39 is 0 Å². The quantitative estimate of drug-likeness (QED) is 0.648. The first-order valence-corrected chi connectivity index (χ1v) is 7.30. The van der Waals surface area contributed by atoms with E-state index in [2.05, 4.69) is 31.3 Å². The Labute approximate surface area is 111 Å². The van der Waals surface area contributed by atoms with Crippen molar-refractivity contribution >= 4 is 0 Å². The van der Waals surface area contributed by atoms with Crippen LogP contribution in [0.4, 0.5) is 0 Å². The molecule has 0 heterocycles. The fraction of sp³-hybridized carbons (Fsp3) is 0.867. The molecule has 2 rings (SSSR count). The summed E-state index contributed by atoms with van der Waals surface area (Å²) in [5.41, 5.74) is 0. The van der Waals surface area contributed by atoms with Gasteiger partial charge in [-0.2, -0.15) is 0 Å². The summed E-state index contributed by atoms with van der Waals surface area (Å²) < 4.78 is 5.43. The van der Waals surface area contributed by atoms with Gasteiger partial charge in [0.15, 0.2) is 0 Å². The van der Waals surface area contributed by atoms with Crippen molar-refractivity contribution in [1.29, 1.82) is 0 Å². The van der Waals surface area contributed by atoms with E-state index in [0.717, 1.165) is 30.9 Å². The molecule has 0 spiro atoms. The number of hydrogen-bond acceptors (Lipinski definition) is 3. The van der Waals surface area contributed by atoms with Crippen molar-refractivity contribution in [3.05, 3.63) is 12.2 Å². The lowest BCUT2D eigenvalue weighted by Crippen LogP contribution is -2.34. The summed E-state index contributed by atoms with van der Waals surface area (Å²) in [6.07, 6.45) is 7.05. The first-order valence-electron chi connectivity index (χ1n) is 7.30. The number of hydrogen-bond donors (Lipinski definition) is 2. The number of aliphatic hydroxyl groups is 1. The van der Waals surface area contributed by atoms with Crippen LogP contribution in [0.2, 0.25) is 0 Å². The molecule has 0 amide bonds. The lowest BCUT2D eigenvalue weighted by molar-refractivity contribution is 0.0257. The van der Waals surface area contributed by atoms with Crippen LogP contribution < -0.4 is 5.32 Å². The van der Waals surface area contributed by atoms with Crippen LogP contribution in [0, 0.1) is 23.7 Å². The molecular formula is C15H27NO2. The molecule has 0 aromatic carbocycles. The molecule has 2 aliphatic rings. The molecule has 4 unspecified atom stereocenters. The zero-order valence-electron chi connectivity index (χ0n) is 11.6. The number of fused-ring (bicyclic) bond motifs is 2. The number of nitrogens with one attached hydrogen (secondary N) is 1. The second-order valence-electron chi connectivity index (χ2n) is 6.28. The standard InChI is InChI=1S/C15H27NO2/c1-11(2)9-18-10-15(17)8-16-7-14-6-12-3-4-13(14)5-12/h3-4,11-17H,5-10H2,1-2H3. The Bertz CT molecular complexity index is 278. The largest absolute Gasteiger partial charge is 0.389 e. The molecule has 3 heteroatoms. The number of allylic oxidation sites excluding steroid dienone is 2. The summed E-state index contributed by atoms with van der Waals surface area (Å²) in [6, 6.07) is 0. The molecule has 0 radical (unpaired) electrons. The van der Waals surface area contributed by atoms with Gasteiger partial charge in [0.2, 0.25) is 0 Å². The predicted octanol–water partition coefficient (Wildman–Crippen LogP) is 1.82. The third-order valence-corrected chi connectivity index (χ3v) is 3.96. The lowest BCUT2D eigenvalue weighted by atomic mass is 9.93. The fourth-order valence-corrected chi connectivity index (χ4v) is 3.06. The monoisotopic (exact) mass is 253 g/mol. The van der Waals surface area contributed by atoms with Crippen LogP contribution in [0.3, 0.4) is 0 Å². The molecule has 0 aromatic heterocycles. The van der Waals surface area contributed by atoms with Crippen molar-refractivity contribution < 1.29 is 9.84 Å². The minimum Gasteiger partial charge on any atom is -0.389 e. The normalized spacial score (nSPS) is 31.4. The average Bonchev–Trinajstić information content (AvgIpc) is 2.90. The summed E-state index contributed by atoms with van der Waals surface area (Å²) >= 11 is 0. The molecule has 1 fully saturated rings. The molecule has 0 aromatic rings. The molecule has 4 atom stereocenters. The summed E-state index contributed by atoms with van der Waals surface area (Å²) in [6.45, 7) is 7.10. The fourth-order valence-electron chi connectivity index (χ4n) is 3.06. The molecule has 3 nitrogen and oxygen atoms in total. The van der Waals surface area contributed by atoms with Gasteiger partial charge in [0.25, 0.3) is 0 Å². The van der Waals surface area contributed by atoms with E-state index in [4.69, 9.17) is 4.74 Å². The predicted molar refractivity (Wildman–Crippen MR) is 73.4 cm³/mol. The molecule has 104 valence electrons. The van der Waals surface area contributed by atoms with Crippen molar-refractivity contribution in [2.75, 3.05) is 26.3 Å². The molecule has 2 bridgehead atoms. The van der Waals surface area contributed by atoms with Gasteiger partial charge in [-0.15, -0.1) is 0 Å². The summed E-state index contributed by atoms with van der Waals surface area (Å²) in [4.78, 5) is 0. The van der Waals surface area contributed by atoms with Crippen molar-refractivity contribution in [3.8, 4) is 0 Å². The van der Waals surface area contributed by atoms with Gasteiger partial charge in [-0.25, -0.2) is 0 Å². The number of rotatable bonds is 8. The van der Waals surface area contributed by atoms with Crippen LogP contribution in [0.5, 0.6) is 0 Å². The Hall–Kier alpha value is -0.380. The summed E-state index contributed by atoms with van der Waals surface area (Å²) in [7, 11) is 0. The van der Waals surface area contributed by atoms with Gasteiger partial charge in [-0.05, 0) is 43.1 Å². The van der Waals surface area contributed by atoms with Crippen LogP contribution >= 0.6 is 0 Å². The Morgan fingerprint density at radius 2 is 2.11 bits per heavy atom. The van der Waals surface area contributed by atoms with Crippen molar-refractivity contribution in [3.63, 3.8) is 0 Å². The van der Waals surface area contributed by atoms with E-state index in [1.165, 1.54) is 12.8 Å². The minimum atomic E-state index is -0.377. The lowest BCUT2D eigenvalue weighted by Gasteiger charge is -2.20. The van der Waals surface area contributed by atoms with Gasteiger partial charge in [0.05, 0.1) is 12.7 Å². The van der Waals surface area contributed by atoms with Crippen LogP contribution in [-0.4, -0.2) is 37.5 Å². The van der Waals surface area contributed by atoms with Gasteiger partial charge in [-0.3, -0.25) is 0 Å². The molecule has 2 aliphatic carbocycles. The Balaban J connectivity index is 1.51. The van der Waals surface area contributed by atoms with E-state index >= 15 is 0 Å². The topological polar surface area (TPSA) is 41.5 Å². The van der Waals surface area contributed by atoms with E-state index in [9.17, 15) is 5.11 Å².